The van der Waals surface area contributed by atoms with Crippen LogP contribution in [0.4, 0.5) is 0 Å². The summed E-state index contributed by atoms with van der Waals surface area (Å²) in [5.41, 5.74) is 5.90. The van der Waals surface area contributed by atoms with Crippen LogP contribution in [0.2, 0.25) is 0 Å². The molecule has 5 rings (SSSR count). The first-order valence-corrected chi connectivity index (χ1v) is 8.89. The molecule has 1 aliphatic heterocycles. The topological polar surface area (TPSA) is 39.9 Å². The molecule has 3 aromatic rings. The van der Waals surface area contributed by atoms with E-state index < -0.39 is 0 Å². The van der Waals surface area contributed by atoms with Gasteiger partial charge < -0.3 is 9.30 Å². The van der Waals surface area contributed by atoms with Gasteiger partial charge in [0.15, 0.2) is 0 Å². The SMILES string of the molecule is c1cc(C2CC2)cc(-c2ccc3c(c2)ncn3C2CCOCC2)n1. The first-order valence-electron chi connectivity index (χ1n) is 8.89. The number of hydrogen-bond acceptors (Lipinski definition) is 3. The van der Waals surface area contributed by atoms with E-state index in [1.165, 1.54) is 23.9 Å². The quantitative estimate of drug-likeness (QED) is 0.721. The fourth-order valence-corrected chi connectivity index (χ4v) is 3.72. The van der Waals surface area contributed by atoms with Crippen LogP contribution in [-0.4, -0.2) is 27.7 Å². The first kappa shape index (κ1) is 14.2. The van der Waals surface area contributed by atoms with E-state index in [2.05, 4.69) is 44.9 Å². The minimum atomic E-state index is 0.505. The molecule has 1 aliphatic carbocycles. The zero-order valence-electron chi connectivity index (χ0n) is 13.7. The van der Waals surface area contributed by atoms with E-state index >= 15 is 0 Å². The third-order valence-corrected chi connectivity index (χ3v) is 5.29. The molecule has 2 fully saturated rings. The summed E-state index contributed by atoms with van der Waals surface area (Å²) >= 11 is 0. The third-order valence-electron chi connectivity index (χ3n) is 5.29. The Bertz CT molecular complexity index is 875. The largest absolute Gasteiger partial charge is 0.381 e. The highest BCUT2D eigenvalue weighted by Crippen LogP contribution is 2.40. The Labute approximate surface area is 141 Å². The van der Waals surface area contributed by atoms with Crippen LogP contribution in [-0.2, 0) is 4.74 Å². The maximum Gasteiger partial charge on any atom is 0.0960 e. The van der Waals surface area contributed by atoms with Crippen molar-refractivity contribution in [3.8, 4) is 11.3 Å². The molecule has 0 radical (unpaired) electrons. The van der Waals surface area contributed by atoms with Gasteiger partial charge in [-0.05, 0) is 61.4 Å². The van der Waals surface area contributed by atoms with Crippen molar-refractivity contribution < 1.29 is 4.74 Å². The van der Waals surface area contributed by atoms with Gasteiger partial charge in [0.25, 0.3) is 0 Å². The maximum atomic E-state index is 5.48. The van der Waals surface area contributed by atoms with Gasteiger partial charge in [0.2, 0.25) is 0 Å². The van der Waals surface area contributed by atoms with Crippen LogP contribution in [0.1, 0.15) is 43.2 Å². The van der Waals surface area contributed by atoms with Crippen LogP contribution in [0.3, 0.4) is 0 Å². The van der Waals surface area contributed by atoms with Crippen molar-refractivity contribution >= 4 is 11.0 Å². The summed E-state index contributed by atoms with van der Waals surface area (Å²) in [6.07, 6.45) is 8.69. The fraction of sp³-hybridized carbons (Fsp3) is 0.400. The summed E-state index contributed by atoms with van der Waals surface area (Å²) in [6, 6.07) is 11.4. The summed E-state index contributed by atoms with van der Waals surface area (Å²) < 4.78 is 7.80. The standard InChI is InChI=1S/C20H21N3O/c1-2-14(1)15-5-8-21-18(11-15)16-3-4-20-19(12-16)22-13-23(20)17-6-9-24-10-7-17/h3-5,8,11-14,17H,1-2,6-7,9-10H2. The van der Waals surface area contributed by atoms with Crippen molar-refractivity contribution in [1.82, 2.24) is 14.5 Å². The van der Waals surface area contributed by atoms with Crippen molar-refractivity contribution in [3.63, 3.8) is 0 Å². The number of ether oxygens (including phenoxy) is 1. The van der Waals surface area contributed by atoms with E-state index in [0.29, 0.717) is 6.04 Å². The van der Waals surface area contributed by atoms with Crippen molar-refractivity contribution in [2.75, 3.05) is 13.2 Å². The molecule has 1 saturated heterocycles. The highest BCUT2D eigenvalue weighted by molar-refractivity contribution is 5.81. The molecule has 1 saturated carbocycles. The smallest absolute Gasteiger partial charge is 0.0960 e. The van der Waals surface area contributed by atoms with Gasteiger partial charge in [0.1, 0.15) is 0 Å². The van der Waals surface area contributed by atoms with Crippen LogP contribution in [0, 0.1) is 0 Å². The molecule has 2 aliphatic rings. The third kappa shape index (κ3) is 2.51. The molecular weight excluding hydrogens is 298 g/mol. The molecular formula is C20H21N3O. The molecule has 24 heavy (non-hydrogen) atoms. The Balaban J connectivity index is 1.51. The lowest BCUT2D eigenvalue weighted by atomic mass is 10.1. The summed E-state index contributed by atoms with van der Waals surface area (Å²) in [5.74, 6) is 0.753. The molecule has 3 heterocycles. The number of aromatic nitrogens is 3. The van der Waals surface area contributed by atoms with Crippen LogP contribution < -0.4 is 0 Å². The van der Waals surface area contributed by atoms with Crippen LogP contribution in [0.15, 0.2) is 42.9 Å². The average Bonchev–Trinajstić information content (AvgIpc) is 3.42. The Morgan fingerprint density at radius 3 is 2.67 bits per heavy atom. The zero-order valence-corrected chi connectivity index (χ0v) is 13.7. The number of fused-ring (bicyclic) bond motifs is 1. The van der Waals surface area contributed by atoms with E-state index in [4.69, 9.17) is 4.74 Å². The van der Waals surface area contributed by atoms with Gasteiger partial charge in [-0.25, -0.2) is 4.98 Å². The number of imidazole rings is 1. The van der Waals surface area contributed by atoms with Crippen molar-refractivity contribution in [2.45, 2.75) is 37.6 Å². The fourth-order valence-electron chi connectivity index (χ4n) is 3.72. The van der Waals surface area contributed by atoms with Gasteiger partial charge in [-0.2, -0.15) is 0 Å². The Kier molecular flexibility index (Phi) is 3.37. The van der Waals surface area contributed by atoms with Crippen LogP contribution in [0.5, 0.6) is 0 Å². The van der Waals surface area contributed by atoms with E-state index in [9.17, 15) is 0 Å². The Morgan fingerprint density at radius 2 is 1.83 bits per heavy atom. The minimum absolute atomic E-state index is 0.505. The van der Waals surface area contributed by atoms with E-state index in [1.54, 1.807) is 0 Å². The molecule has 1 aromatic carbocycles. The normalized spacial score (nSPS) is 19.0. The van der Waals surface area contributed by atoms with E-state index in [1.807, 2.05) is 12.5 Å². The van der Waals surface area contributed by atoms with Gasteiger partial charge in [-0.3, -0.25) is 4.98 Å². The lowest BCUT2D eigenvalue weighted by molar-refractivity contribution is 0.0706. The van der Waals surface area contributed by atoms with Gasteiger partial charge in [0, 0.05) is 31.0 Å². The number of pyridine rings is 1. The second-order valence-electron chi connectivity index (χ2n) is 6.95. The Morgan fingerprint density at radius 1 is 0.958 bits per heavy atom. The molecule has 4 heteroatoms. The molecule has 4 nitrogen and oxygen atoms in total. The maximum absolute atomic E-state index is 5.48. The molecule has 0 spiro atoms. The van der Waals surface area contributed by atoms with Gasteiger partial charge in [0.05, 0.1) is 23.1 Å². The highest BCUT2D eigenvalue weighted by atomic mass is 16.5. The summed E-state index contributed by atoms with van der Waals surface area (Å²) in [7, 11) is 0. The van der Waals surface area contributed by atoms with Gasteiger partial charge in [-0.15, -0.1) is 0 Å². The zero-order chi connectivity index (χ0) is 15.9. The molecule has 0 atom stereocenters. The minimum Gasteiger partial charge on any atom is -0.381 e. The molecule has 0 amide bonds. The highest BCUT2D eigenvalue weighted by Gasteiger charge is 2.24. The molecule has 2 aromatic heterocycles. The number of hydrogen-bond donors (Lipinski definition) is 0. The second kappa shape index (κ2) is 5.71. The molecule has 0 N–H and O–H groups in total. The predicted octanol–water partition coefficient (Wildman–Crippen LogP) is 4.33. The van der Waals surface area contributed by atoms with Crippen molar-refractivity contribution in [2.24, 2.45) is 0 Å². The monoisotopic (exact) mass is 319 g/mol. The predicted molar refractivity (Wildman–Crippen MR) is 94.0 cm³/mol. The van der Waals surface area contributed by atoms with Crippen molar-refractivity contribution in [1.29, 1.82) is 0 Å². The second-order valence-corrected chi connectivity index (χ2v) is 6.95. The van der Waals surface area contributed by atoms with Crippen molar-refractivity contribution in [3.05, 3.63) is 48.4 Å². The van der Waals surface area contributed by atoms with Gasteiger partial charge in [-0.1, -0.05) is 6.07 Å². The first-order chi connectivity index (χ1) is 11.9. The van der Waals surface area contributed by atoms with Gasteiger partial charge >= 0.3 is 0 Å². The summed E-state index contributed by atoms with van der Waals surface area (Å²) in [5, 5.41) is 0. The average molecular weight is 319 g/mol. The lowest BCUT2D eigenvalue weighted by Gasteiger charge is -2.23. The lowest BCUT2D eigenvalue weighted by Crippen LogP contribution is -2.18. The van der Waals surface area contributed by atoms with Crippen LogP contribution >= 0.6 is 0 Å². The molecule has 122 valence electrons. The number of rotatable bonds is 3. The van der Waals surface area contributed by atoms with E-state index in [0.717, 1.165) is 48.7 Å². The molecule has 0 bridgehead atoms. The summed E-state index contributed by atoms with van der Waals surface area (Å²) in [4.78, 5) is 9.22. The number of benzene rings is 1. The Hall–Kier alpha value is -2.20. The van der Waals surface area contributed by atoms with E-state index in [-0.39, 0.29) is 0 Å². The molecule has 0 unspecified atom stereocenters. The van der Waals surface area contributed by atoms with Crippen LogP contribution in [0.25, 0.3) is 22.3 Å². The summed E-state index contributed by atoms with van der Waals surface area (Å²) in [6.45, 7) is 1.70. The number of nitrogens with zero attached hydrogens (tertiary/aromatic N) is 3.